The van der Waals surface area contributed by atoms with Crippen molar-refractivity contribution in [2.45, 2.75) is 40.5 Å². The summed E-state index contributed by atoms with van der Waals surface area (Å²) in [4.78, 5) is 41.9. The van der Waals surface area contributed by atoms with Crippen molar-refractivity contribution in [3.05, 3.63) is 45.1 Å². The van der Waals surface area contributed by atoms with E-state index in [1.54, 1.807) is 52.8 Å². The van der Waals surface area contributed by atoms with Crippen molar-refractivity contribution in [2.24, 2.45) is 16.3 Å². The number of hydrogen-bond donors (Lipinski definition) is 0. The minimum atomic E-state index is -0.913. The highest BCUT2D eigenvalue weighted by Crippen LogP contribution is 2.44. The molecule has 0 amide bonds. The summed E-state index contributed by atoms with van der Waals surface area (Å²) in [5, 5.41) is 0.474. The lowest BCUT2D eigenvalue weighted by atomic mass is 9.75. The molecule has 0 aliphatic carbocycles. The molecule has 2 rings (SSSR count). The van der Waals surface area contributed by atoms with Crippen LogP contribution in [-0.4, -0.2) is 37.5 Å². The van der Waals surface area contributed by atoms with Gasteiger partial charge in [-0.2, -0.15) is 0 Å². The highest BCUT2D eigenvalue weighted by molar-refractivity contribution is 6.42. The summed E-state index contributed by atoms with van der Waals surface area (Å²) < 4.78 is 15.2. The monoisotopic (exact) mass is 469 g/mol. The van der Waals surface area contributed by atoms with Crippen LogP contribution in [0.1, 0.15) is 46.1 Å². The van der Waals surface area contributed by atoms with Gasteiger partial charge in [0.25, 0.3) is 0 Å². The van der Waals surface area contributed by atoms with Gasteiger partial charge in [-0.1, -0.05) is 35.3 Å². The van der Waals surface area contributed by atoms with E-state index in [2.05, 4.69) is 4.99 Å². The van der Waals surface area contributed by atoms with Crippen LogP contribution < -0.4 is 0 Å². The predicted molar refractivity (Wildman–Crippen MR) is 117 cm³/mol. The zero-order chi connectivity index (χ0) is 23.5. The molecule has 31 heavy (non-hydrogen) atoms. The van der Waals surface area contributed by atoms with Crippen molar-refractivity contribution in [1.82, 2.24) is 0 Å². The Hall–Kier alpha value is -2.38. The molecule has 0 aromatic heterocycles. The molecule has 9 heteroatoms. The Kier molecular flexibility index (Phi) is 7.89. The molecule has 1 aromatic rings. The van der Waals surface area contributed by atoms with E-state index in [1.165, 1.54) is 7.11 Å². The van der Waals surface area contributed by atoms with E-state index in [-0.39, 0.29) is 15.6 Å². The van der Waals surface area contributed by atoms with Gasteiger partial charge in [0.1, 0.15) is 5.92 Å². The summed E-state index contributed by atoms with van der Waals surface area (Å²) in [7, 11) is 1.25. The molecule has 0 spiro atoms. The van der Waals surface area contributed by atoms with Crippen molar-refractivity contribution in [3.63, 3.8) is 0 Å². The van der Waals surface area contributed by atoms with Gasteiger partial charge in [-0.3, -0.25) is 14.6 Å². The summed E-state index contributed by atoms with van der Waals surface area (Å²) in [6, 6.07) is 4.95. The second-order valence-electron chi connectivity index (χ2n) is 8.11. The first kappa shape index (κ1) is 24.9. The maximum absolute atomic E-state index is 13.0. The van der Waals surface area contributed by atoms with Gasteiger partial charge in [-0.15, -0.1) is 0 Å². The zero-order valence-electron chi connectivity index (χ0n) is 18.2. The van der Waals surface area contributed by atoms with Gasteiger partial charge in [0, 0.05) is 17.3 Å². The van der Waals surface area contributed by atoms with Crippen molar-refractivity contribution >= 4 is 46.8 Å². The second kappa shape index (κ2) is 9.83. The number of nitrogens with zero attached hydrogens (tertiary/aromatic N) is 1. The lowest BCUT2D eigenvalue weighted by Gasteiger charge is -2.31. The van der Waals surface area contributed by atoms with E-state index < -0.39 is 42.0 Å². The fourth-order valence-electron chi connectivity index (χ4n) is 3.26. The summed E-state index contributed by atoms with van der Waals surface area (Å²) in [6.45, 7) is 7.76. The Bertz CT molecular complexity index is 961. The molecule has 0 fully saturated rings. The number of allylic oxidation sites excluding steroid dienone is 1. The molecule has 2 atom stereocenters. The van der Waals surface area contributed by atoms with Gasteiger partial charge in [0.2, 0.25) is 6.79 Å². The smallest absolute Gasteiger partial charge is 0.339 e. The van der Waals surface area contributed by atoms with Crippen LogP contribution in [0.15, 0.2) is 34.5 Å². The topological polar surface area (TPSA) is 91.3 Å². The lowest BCUT2D eigenvalue weighted by molar-refractivity contribution is -0.171. The number of aliphatic imine (C=N–C) groups is 1. The quantitative estimate of drug-likeness (QED) is 0.458. The molecule has 0 saturated heterocycles. The molecule has 1 aliphatic heterocycles. The standard InChI is InChI=1S/C22H25Cl2NO6/c1-11-15(19(26)29-6)17(13-8-7-9-14(23)18(13)24)16(12(2)25-11)20(27)30-10-31-21(28)22(3,4)5/h7-9,15,17H,10H2,1-6H3. The van der Waals surface area contributed by atoms with Crippen LogP contribution in [0.25, 0.3) is 0 Å². The Morgan fingerprint density at radius 1 is 1.10 bits per heavy atom. The highest BCUT2D eigenvalue weighted by Gasteiger charge is 2.43. The van der Waals surface area contributed by atoms with Crippen LogP contribution in [0.2, 0.25) is 10.0 Å². The van der Waals surface area contributed by atoms with E-state index in [0.29, 0.717) is 17.0 Å². The maximum atomic E-state index is 13.0. The van der Waals surface area contributed by atoms with Crippen LogP contribution in [-0.2, 0) is 28.6 Å². The molecular formula is C22H25Cl2NO6. The van der Waals surface area contributed by atoms with Gasteiger partial charge < -0.3 is 14.2 Å². The Morgan fingerprint density at radius 3 is 2.32 bits per heavy atom. The molecule has 0 N–H and O–H groups in total. The van der Waals surface area contributed by atoms with Crippen molar-refractivity contribution in [2.75, 3.05) is 13.9 Å². The van der Waals surface area contributed by atoms with E-state index in [4.69, 9.17) is 37.4 Å². The molecule has 0 saturated carbocycles. The fourth-order valence-corrected chi connectivity index (χ4v) is 3.69. The maximum Gasteiger partial charge on any atom is 0.339 e. The molecule has 0 bridgehead atoms. The third-order valence-electron chi connectivity index (χ3n) is 4.81. The molecule has 168 valence electrons. The Balaban J connectivity index is 2.46. The second-order valence-corrected chi connectivity index (χ2v) is 8.89. The van der Waals surface area contributed by atoms with Gasteiger partial charge >= 0.3 is 17.9 Å². The summed E-state index contributed by atoms with van der Waals surface area (Å²) in [5.41, 5.74) is 0.626. The van der Waals surface area contributed by atoms with Crippen LogP contribution in [0.4, 0.5) is 0 Å². The Labute approximate surface area is 191 Å². The molecular weight excluding hydrogens is 445 g/mol. The van der Waals surface area contributed by atoms with E-state index in [0.717, 1.165) is 0 Å². The first-order chi connectivity index (χ1) is 14.4. The van der Waals surface area contributed by atoms with Crippen molar-refractivity contribution in [1.29, 1.82) is 0 Å². The van der Waals surface area contributed by atoms with Crippen LogP contribution >= 0.6 is 23.2 Å². The number of carbonyl (C=O) groups is 3. The summed E-state index contributed by atoms with van der Waals surface area (Å²) in [6.07, 6.45) is 0. The third kappa shape index (κ3) is 5.46. The van der Waals surface area contributed by atoms with E-state index in [9.17, 15) is 14.4 Å². The van der Waals surface area contributed by atoms with E-state index in [1.807, 2.05) is 0 Å². The molecule has 7 nitrogen and oxygen atoms in total. The first-order valence-corrected chi connectivity index (χ1v) is 10.3. The molecule has 1 aromatic carbocycles. The molecule has 2 unspecified atom stereocenters. The largest absolute Gasteiger partial charge is 0.468 e. The molecule has 1 heterocycles. The number of ether oxygens (including phenoxy) is 3. The SMILES string of the molecule is COC(=O)C1C(C)=NC(C)=C(C(=O)OCOC(=O)C(C)(C)C)C1c1cccc(Cl)c1Cl. The van der Waals surface area contributed by atoms with Crippen molar-refractivity contribution in [3.8, 4) is 0 Å². The number of carbonyl (C=O) groups excluding carboxylic acids is 3. The van der Waals surface area contributed by atoms with Gasteiger partial charge in [0.05, 0.1) is 28.1 Å². The minimum Gasteiger partial charge on any atom is -0.468 e. The van der Waals surface area contributed by atoms with Crippen LogP contribution in [0.3, 0.4) is 0 Å². The number of benzene rings is 1. The summed E-state index contributed by atoms with van der Waals surface area (Å²) in [5.74, 6) is -3.65. The fraction of sp³-hybridized carbons (Fsp3) is 0.455. The van der Waals surface area contributed by atoms with Crippen LogP contribution in [0.5, 0.6) is 0 Å². The first-order valence-electron chi connectivity index (χ1n) is 9.52. The highest BCUT2D eigenvalue weighted by atomic mass is 35.5. The number of rotatable bonds is 5. The minimum absolute atomic E-state index is 0.108. The van der Waals surface area contributed by atoms with Crippen LogP contribution in [0, 0.1) is 11.3 Å². The average molecular weight is 470 g/mol. The number of methoxy groups -OCH3 is 1. The van der Waals surface area contributed by atoms with Gasteiger partial charge in [-0.05, 0) is 46.2 Å². The third-order valence-corrected chi connectivity index (χ3v) is 5.65. The number of halogens is 2. The normalized spacial score (nSPS) is 18.9. The number of hydrogen-bond acceptors (Lipinski definition) is 7. The van der Waals surface area contributed by atoms with Gasteiger partial charge in [0.15, 0.2) is 0 Å². The van der Waals surface area contributed by atoms with Crippen molar-refractivity contribution < 1.29 is 28.6 Å². The molecule has 0 radical (unpaired) electrons. The van der Waals surface area contributed by atoms with Gasteiger partial charge in [-0.25, -0.2) is 4.79 Å². The Morgan fingerprint density at radius 2 is 1.74 bits per heavy atom. The predicted octanol–water partition coefficient (Wildman–Crippen LogP) is 4.70. The summed E-state index contributed by atoms with van der Waals surface area (Å²) >= 11 is 12.6. The zero-order valence-corrected chi connectivity index (χ0v) is 19.8. The van der Waals surface area contributed by atoms with E-state index >= 15 is 0 Å². The number of esters is 3. The molecule has 1 aliphatic rings. The average Bonchev–Trinajstić information content (AvgIpc) is 2.68. The lowest BCUT2D eigenvalue weighted by Crippen LogP contribution is -2.36.